The van der Waals surface area contributed by atoms with Gasteiger partial charge in [-0.15, -0.1) is 0 Å². The summed E-state index contributed by atoms with van der Waals surface area (Å²) in [4.78, 5) is 4.98. The second-order valence-corrected chi connectivity index (χ2v) is 5.05. The van der Waals surface area contributed by atoms with E-state index in [1.54, 1.807) is 0 Å². The van der Waals surface area contributed by atoms with Crippen molar-refractivity contribution in [3.63, 3.8) is 0 Å². The largest absolute Gasteiger partial charge is 0.369 e. The predicted molar refractivity (Wildman–Crippen MR) is 81.5 cm³/mol. The van der Waals surface area contributed by atoms with Crippen LogP contribution in [-0.4, -0.2) is 50.7 Å². The smallest absolute Gasteiger partial charge is 0.0367 e. The van der Waals surface area contributed by atoms with Crippen LogP contribution in [-0.2, 0) is 6.54 Å². The van der Waals surface area contributed by atoms with Gasteiger partial charge in [0.2, 0.25) is 0 Å². The Bertz CT molecular complexity index is 355. The number of rotatable bonds is 6. The molecule has 19 heavy (non-hydrogen) atoms. The summed E-state index contributed by atoms with van der Waals surface area (Å²) in [5.41, 5.74) is 8.13. The van der Waals surface area contributed by atoms with Gasteiger partial charge in [-0.3, -0.25) is 0 Å². The number of nitrogens with two attached hydrogens (primary N) is 1. The molecule has 1 aromatic rings. The fourth-order valence-electron chi connectivity index (χ4n) is 2.48. The van der Waals surface area contributed by atoms with E-state index in [1.165, 1.54) is 30.9 Å². The highest BCUT2D eigenvalue weighted by Crippen LogP contribution is 2.17. The van der Waals surface area contributed by atoms with Crippen LogP contribution in [0.1, 0.15) is 12.5 Å². The first kappa shape index (κ1) is 14.3. The molecule has 0 saturated carbocycles. The third-order valence-electron chi connectivity index (χ3n) is 3.77. The zero-order chi connectivity index (χ0) is 13.5. The number of piperazine rings is 1. The molecule has 1 fully saturated rings. The van der Waals surface area contributed by atoms with Gasteiger partial charge in [-0.2, -0.15) is 0 Å². The summed E-state index contributed by atoms with van der Waals surface area (Å²) in [6.45, 7) is 10.5. The number of nitrogens with one attached hydrogen (secondary N) is 1. The van der Waals surface area contributed by atoms with E-state index in [2.05, 4.69) is 46.3 Å². The fraction of sp³-hybridized carbons (Fsp3) is 0.600. The molecule has 0 radical (unpaired) electrons. The van der Waals surface area contributed by atoms with E-state index in [0.29, 0.717) is 6.54 Å². The van der Waals surface area contributed by atoms with Crippen molar-refractivity contribution in [2.45, 2.75) is 13.5 Å². The van der Waals surface area contributed by atoms with Gasteiger partial charge in [0, 0.05) is 51.5 Å². The second-order valence-electron chi connectivity index (χ2n) is 5.05. The zero-order valence-electron chi connectivity index (χ0n) is 11.9. The van der Waals surface area contributed by atoms with Crippen molar-refractivity contribution in [1.82, 2.24) is 10.2 Å². The van der Waals surface area contributed by atoms with Gasteiger partial charge in [0.05, 0.1) is 0 Å². The van der Waals surface area contributed by atoms with E-state index >= 15 is 0 Å². The Morgan fingerprint density at radius 2 is 1.79 bits per heavy atom. The van der Waals surface area contributed by atoms with Crippen molar-refractivity contribution in [3.05, 3.63) is 29.8 Å². The Labute approximate surface area is 116 Å². The lowest BCUT2D eigenvalue weighted by Gasteiger charge is -2.35. The summed E-state index contributed by atoms with van der Waals surface area (Å²) in [6, 6.07) is 8.90. The maximum Gasteiger partial charge on any atom is 0.0367 e. The van der Waals surface area contributed by atoms with Crippen molar-refractivity contribution >= 4 is 5.69 Å². The molecule has 3 N–H and O–H groups in total. The summed E-state index contributed by atoms with van der Waals surface area (Å²) >= 11 is 0. The van der Waals surface area contributed by atoms with Crippen LogP contribution < -0.4 is 16.0 Å². The van der Waals surface area contributed by atoms with Gasteiger partial charge in [-0.05, 0) is 24.2 Å². The van der Waals surface area contributed by atoms with Crippen molar-refractivity contribution < 1.29 is 0 Å². The molecule has 0 aromatic heterocycles. The van der Waals surface area contributed by atoms with Gasteiger partial charge >= 0.3 is 0 Å². The minimum absolute atomic E-state index is 0.694. The zero-order valence-corrected chi connectivity index (χ0v) is 11.9. The number of hydrogen-bond acceptors (Lipinski definition) is 4. The predicted octanol–water partition coefficient (Wildman–Crippen LogP) is 0.877. The van der Waals surface area contributed by atoms with Crippen LogP contribution in [0.5, 0.6) is 0 Å². The van der Waals surface area contributed by atoms with Gasteiger partial charge in [0.15, 0.2) is 0 Å². The van der Waals surface area contributed by atoms with Crippen LogP contribution in [0.15, 0.2) is 24.3 Å². The number of benzene rings is 1. The lowest BCUT2D eigenvalue weighted by Crippen LogP contribution is -2.46. The molecule has 1 aliphatic heterocycles. The van der Waals surface area contributed by atoms with Gasteiger partial charge < -0.3 is 20.9 Å². The van der Waals surface area contributed by atoms with Crippen molar-refractivity contribution in [2.75, 3.05) is 50.7 Å². The highest BCUT2D eigenvalue weighted by atomic mass is 15.3. The Balaban J connectivity index is 1.84. The van der Waals surface area contributed by atoms with E-state index in [9.17, 15) is 0 Å². The van der Waals surface area contributed by atoms with Crippen molar-refractivity contribution in [1.29, 1.82) is 0 Å². The van der Waals surface area contributed by atoms with Crippen LogP contribution in [0.25, 0.3) is 0 Å². The number of hydrogen-bond donors (Lipinski definition) is 2. The average molecular weight is 262 g/mol. The average Bonchev–Trinajstić information content (AvgIpc) is 2.48. The molecule has 1 heterocycles. The third kappa shape index (κ3) is 4.20. The topological polar surface area (TPSA) is 44.5 Å². The first-order valence-corrected chi connectivity index (χ1v) is 7.30. The Kier molecular flexibility index (Phi) is 5.63. The molecule has 4 nitrogen and oxygen atoms in total. The first-order valence-electron chi connectivity index (χ1n) is 7.30. The third-order valence-corrected chi connectivity index (χ3v) is 3.77. The Hall–Kier alpha value is -1.10. The summed E-state index contributed by atoms with van der Waals surface area (Å²) in [5.74, 6) is 0. The summed E-state index contributed by atoms with van der Waals surface area (Å²) in [6.07, 6.45) is 0. The van der Waals surface area contributed by atoms with Crippen LogP contribution in [0.2, 0.25) is 0 Å². The Morgan fingerprint density at radius 3 is 2.37 bits per heavy atom. The van der Waals surface area contributed by atoms with Gasteiger partial charge in [-0.1, -0.05) is 19.1 Å². The molecule has 1 aromatic carbocycles. The Morgan fingerprint density at radius 1 is 1.11 bits per heavy atom. The highest BCUT2D eigenvalue weighted by molar-refractivity contribution is 5.48. The van der Waals surface area contributed by atoms with Crippen LogP contribution in [0.3, 0.4) is 0 Å². The van der Waals surface area contributed by atoms with E-state index in [1.807, 2.05) is 0 Å². The minimum Gasteiger partial charge on any atom is -0.369 e. The molecule has 0 aliphatic carbocycles. The monoisotopic (exact) mass is 262 g/mol. The van der Waals surface area contributed by atoms with Gasteiger partial charge in [0.1, 0.15) is 0 Å². The maximum atomic E-state index is 5.46. The van der Waals surface area contributed by atoms with E-state index in [0.717, 1.165) is 26.2 Å². The molecule has 0 bridgehead atoms. The maximum absolute atomic E-state index is 5.46. The lowest BCUT2D eigenvalue weighted by molar-refractivity contribution is 0.271. The molecule has 0 unspecified atom stereocenters. The van der Waals surface area contributed by atoms with E-state index < -0.39 is 0 Å². The first-order chi connectivity index (χ1) is 9.33. The molecule has 1 saturated heterocycles. The summed E-state index contributed by atoms with van der Waals surface area (Å²) < 4.78 is 0. The van der Waals surface area contributed by atoms with Crippen LogP contribution in [0, 0.1) is 0 Å². The van der Waals surface area contributed by atoms with Gasteiger partial charge in [0.25, 0.3) is 0 Å². The van der Waals surface area contributed by atoms with E-state index in [4.69, 9.17) is 5.73 Å². The molecular formula is C15H26N4. The summed E-state index contributed by atoms with van der Waals surface area (Å²) in [7, 11) is 0. The molecule has 0 atom stereocenters. The molecule has 106 valence electrons. The summed E-state index contributed by atoms with van der Waals surface area (Å²) in [5, 5.41) is 3.32. The fourth-order valence-corrected chi connectivity index (χ4v) is 2.48. The van der Waals surface area contributed by atoms with Crippen LogP contribution >= 0.6 is 0 Å². The standard InChI is InChI=1S/C15H26N4/c1-2-18-9-11-19(12-10-18)15-5-3-14(4-6-15)13-17-8-7-16/h3-6,17H,2,7-13,16H2,1H3. The van der Waals surface area contributed by atoms with Crippen molar-refractivity contribution in [2.24, 2.45) is 5.73 Å². The molecule has 1 aliphatic rings. The molecule has 0 spiro atoms. The highest BCUT2D eigenvalue weighted by Gasteiger charge is 2.15. The van der Waals surface area contributed by atoms with Gasteiger partial charge in [-0.25, -0.2) is 0 Å². The number of likely N-dealkylation sites (N-methyl/N-ethyl adjacent to an activating group) is 1. The lowest BCUT2D eigenvalue weighted by atomic mass is 10.1. The molecule has 4 heteroatoms. The normalized spacial score (nSPS) is 16.8. The number of anilines is 1. The SMILES string of the molecule is CCN1CCN(c2ccc(CNCCN)cc2)CC1. The molecule has 2 rings (SSSR count). The molecular weight excluding hydrogens is 236 g/mol. The number of nitrogens with zero attached hydrogens (tertiary/aromatic N) is 2. The molecule has 0 amide bonds. The van der Waals surface area contributed by atoms with Crippen LogP contribution in [0.4, 0.5) is 5.69 Å². The van der Waals surface area contributed by atoms with Crippen molar-refractivity contribution in [3.8, 4) is 0 Å². The second kappa shape index (κ2) is 7.48. The quantitative estimate of drug-likeness (QED) is 0.747. The minimum atomic E-state index is 0.694. The van der Waals surface area contributed by atoms with E-state index in [-0.39, 0.29) is 0 Å².